The van der Waals surface area contributed by atoms with Crippen LogP contribution in [0.4, 0.5) is 5.69 Å². The normalized spacial score (nSPS) is 10.8. The summed E-state index contributed by atoms with van der Waals surface area (Å²) < 4.78 is 1.48. The van der Waals surface area contributed by atoms with Crippen LogP contribution in [-0.4, -0.2) is 20.9 Å². The van der Waals surface area contributed by atoms with Crippen molar-refractivity contribution in [2.75, 3.05) is 5.73 Å². The molecule has 0 atom stereocenters. The molecule has 0 unspecified atom stereocenters. The average molecular weight is 181 g/mol. The summed E-state index contributed by atoms with van der Waals surface area (Å²) in [6.45, 7) is 2.42. The number of rotatable bonds is 3. The minimum absolute atomic E-state index is 0.0931. The number of carboxylic acid groups (broad SMARTS) is 1. The van der Waals surface area contributed by atoms with E-state index in [4.69, 9.17) is 10.8 Å². The van der Waals surface area contributed by atoms with E-state index in [0.717, 1.165) is 0 Å². The SMILES string of the molecule is C/C=C/Cn1cc(N)c(C(=O)O)n1. The Balaban J connectivity index is 2.88. The van der Waals surface area contributed by atoms with Gasteiger partial charge in [0.15, 0.2) is 5.69 Å². The molecule has 0 bridgehead atoms. The van der Waals surface area contributed by atoms with Crippen molar-refractivity contribution in [1.29, 1.82) is 0 Å². The van der Waals surface area contributed by atoms with Gasteiger partial charge in [-0.05, 0) is 6.92 Å². The zero-order chi connectivity index (χ0) is 9.84. The van der Waals surface area contributed by atoms with E-state index in [-0.39, 0.29) is 11.4 Å². The third kappa shape index (κ3) is 2.08. The first-order valence-electron chi connectivity index (χ1n) is 3.82. The number of nitrogens with two attached hydrogens (primary N) is 1. The van der Waals surface area contributed by atoms with Crippen LogP contribution < -0.4 is 5.73 Å². The Morgan fingerprint density at radius 1 is 1.85 bits per heavy atom. The Kier molecular flexibility index (Phi) is 2.69. The highest BCUT2D eigenvalue weighted by molar-refractivity contribution is 5.91. The molecule has 0 saturated heterocycles. The number of nitrogens with zero attached hydrogens (tertiary/aromatic N) is 2. The van der Waals surface area contributed by atoms with Crippen molar-refractivity contribution < 1.29 is 9.90 Å². The summed E-state index contributed by atoms with van der Waals surface area (Å²) in [7, 11) is 0. The van der Waals surface area contributed by atoms with Gasteiger partial charge in [0.05, 0.1) is 12.2 Å². The molecular weight excluding hydrogens is 170 g/mol. The molecule has 0 aliphatic carbocycles. The van der Waals surface area contributed by atoms with Gasteiger partial charge in [-0.15, -0.1) is 0 Å². The van der Waals surface area contributed by atoms with Crippen LogP contribution >= 0.6 is 0 Å². The van der Waals surface area contributed by atoms with E-state index in [1.165, 1.54) is 10.9 Å². The lowest BCUT2D eigenvalue weighted by molar-refractivity contribution is 0.0690. The molecule has 1 aromatic heterocycles. The van der Waals surface area contributed by atoms with Gasteiger partial charge in [-0.1, -0.05) is 12.2 Å². The number of hydrogen-bond donors (Lipinski definition) is 2. The Labute approximate surface area is 75.5 Å². The monoisotopic (exact) mass is 181 g/mol. The van der Waals surface area contributed by atoms with Crippen LogP contribution in [0.25, 0.3) is 0 Å². The van der Waals surface area contributed by atoms with Gasteiger partial charge in [0.1, 0.15) is 0 Å². The molecule has 0 aliphatic heterocycles. The predicted octanol–water partition coefficient (Wildman–Crippen LogP) is 0.740. The van der Waals surface area contributed by atoms with Crippen LogP contribution in [0.15, 0.2) is 18.3 Å². The van der Waals surface area contributed by atoms with Gasteiger partial charge in [-0.25, -0.2) is 4.79 Å². The molecule has 0 fully saturated rings. The maximum Gasteiger partial charge on any atom is 0.358 e. The van der Waals surface area contributed by atoms with E-state index >= 15 is 0 Å². The molecule has 0 amide bonds. The second kappa shape index (κ2) is 3.75. The zero-order valence-electron chi connectivity index (χ0n) is 7.27. The number of carbonyl (C=O) groups is 1. The maximum absolute atomic E-state index is 10.5. The van der Waals surface area contributed by atoms with Crippen molar-refractivity contribution in [3.8, 4) is 0 Å². The van der Waals surface area contributed by atoms with E-state index in [0.29, 0.717) is 6.54 Å². The lowest BCUT2D eigenvalue weighted by Crippen LogP contribution is -2.02. The second-order valence-corrected chi connectivity index (χ2v) is 2.53. The number of hydrogen-bond acceptors (Lipinski definition) is 3. The highest BCUT2D eigenvalue weighted by Gasteiger charge is 2.11. The minimum atomic E-state index is -1.10. The third-order valence-corrected chi connectivity index (χ3v) is 1.52. The summed E-state index contributed by atoms with van der Waals surface area (Å²) in [6.07, 6.45) is 5.22. The van der Waals surface area contributed by atoms with Crippen molar-refractivity contribution in [3.63, 3.8) is 0 Å². The van der Waals surface area contributed by atoms with Crippen LogP contribution in [-0.2, 0) is 6.54 Å². The van der Waals surface area contributed by atoms with Gasteiger partial charge < -0.3 is 10.8 Å². The molecular formula is C8H11N3O2. The fourth-order valence-corrected chi connectivity index (χ4v) is 0.910. The molecule has 0 spiro atoms. The highest BCUT2D eigenvalue weighted by Crippen LogP contribution is 2.08. The minimum Gasteiger partial charge on any atom is -0.476 e. The molecule has 5 nitrogen and oxygen atoms in total. The summed E-state index contributed by atoms with van der Waals surface area (Å²) in [5, 5.41) is 12.4. The number of allylic oxidation sites excluding steroid dienone is 2. The van der Waals surface area contributed by atoms with Crippen LogP contribution in [0.1, 0.15) is 17.4 Å². The Bertz CT molecular complexity index is 341. The van der Waals surface area contributed by atoms with E-state index < -0.39 is 5.97 Å². The molecule has 0 radical (unpaired) electrons. The van der Waals surface area contributed by atoms with Crippen molar-refractivity contribution in [2.45, 2.75) is 13.5 Å². The fraction of sp³-hybridized carbons (Fsp3) is 0.250. The highest BCUT2D eigenvalue weighted by atomic mass is 16.4. The molecule has 70 valence electrons. The first-order valence-corrected chi connectivity index (χ1v) is 3.82. The summed E-state index contributed by atoms with van der Waals surface area (Å²) in [4.78, 5) is 10.5. The Hall–Kier alpha value is -1.78. The smallest absolute Gasteiger partial charge is 0.358 e. The first kappa shape index (κ1) is 9.31. The standard InChI is InChI=1S/C8H11N3O2/c1-2-3-4-11-5-6(9)7(10-11)8(12)13/h2-3,5H,4,9H2,1H3,(H,12,13)/b3-2+. The van der Waals surface area contributed by atoms with Crippen LogP contribution in [0.2, 0.25) is 0 Å². The topological polar surface area (TPSA) is 81.1 Å². The number of aromatic nitrogens is 2. The summed E-state index contributed by atoms with van der Waals surface area (Å²) in [5.74, 6) is -1.10. The van der Waals surface area contributed by atoms with Gasteiger partial charge in [0.25, 0.3) is 0 Å². The Morgan fingerprint density at radius 3 is 3.00 bits per heavy atom. The van der Waals surface area contributed by atoms with E-state index in [1.54, 1.807) is 0 Å². The van der Waals surface area contributed by atoms with E-state index in [1.807, 2.05) is 19.1 Å². The summed E-state index contributed by atoms with van der Waals surface area (Å²) >= 11 is 0. The second-order valence-electron chi connectivity index (χ2n) is 2.53. The van der Waals surface area contributed by atoms with Gasteiger partial charge in [-0.2, -0.15) is 5.10 Å². The molecule has 3 N–H and O–H groups in total. The zero-order valence-corrected chi connectivity index (χ0v) is 7.27. The summed E-state index contributed by atoms with van der Waals surface area (Å²) in [6, 6.07) is 0. The van der Waals surface area contributed by atoms with Gasteiger partial charge in [-0.3, -0.25) is 4.68 Å². The van der Waals surface area contributed by atoms with E-state index in [2.05, 4.69) is 5.10 Å². The molecule has 1 aromatic rings. The fourth-order valence-electron chi connectivity index (χ4n) is 0.910. The molecule has 0 saturated carbocycles. The van der Waals surface area contributed by atoms with Gasteiger partial charge in [0.2, 0.25) is 0 Å². The lowest BCUT2D eigenvalue weighted by atomic mass is 10.4. The summed E-state index contributed by atoms with van der Waals surface area (Å²) in [5.41, 5.74) is 5.52. The average Bonchev–Trinajstić information content (AvgIpc) is 2.43. The van der Waals surface area contributed by atoms with E-state index in [9.17, 15) is 4.79 Å². The van der Waals surface area contributed by atoms with Gasteiger partial charge >= 0.3 is 5.97 Å². The largest absolute Gasteiger partial charge is 0.476 e. The lowest BCUT2D eigenvalue weighted by Gasteiger charge is -1.91. The third-order valence-electron chi connectivity index (χ3n) is 1.52. The quantitative estimate of drug-likeness (QED) is 0.674. The first-order chi connectivity index (χ1) is 6.15. The van der Waals surface area contributed by atoms with Crippen molar-refractivity contribution in [3.05, 3.63) is 24.0 Å². The number of aromatic carboxylic acids is 1. The van der Waals surface area contributed by atoms with Crippen LogP contribution in [0.5, 0.6) is 0 Å². The molecule has 5 heteroatoms. The van der Waals surface area contributed by atoms with Gasteiger partial charge in [0, 0.05) is 6.20 Å². The number of anilines is 1. The maximum atomic E-state index is 10.5. The number of carboxylic acids is 1. The van der Waals surface area contributed by atoms with Crippen molar-refractivity contribution in [2.24, 2.45) is 0 Å². The van der Waals surface area contributed by atoms with Crippen molar-refractivity contribution >= 4 is 11.7 Å². The predicted molar refractivity (Wildman–Crippen MR) is 48.4 cm³/mol. The van der Waals surface area contributed by atoms with Crippen LogP contribution in [0.3, 0.4) is 0 Å². The molecule has 1 rings (SSSR count). The molecule has 0 aliphatic rings. The molecule has 1 heterocycles. The number of nitrogen functional groups attached to an aromatic ring is 1. The van der Waals surface area contributed by atoms with Crippen molar-refractivity contribution in [1.82, 2.24) is 9.78 Å². The molecule has 0 aromatic carbocycles. The van der Waals surface area contributed by atoms with Crippen LogP contribution in [0, 0.1) is 0 Å². The Morgan fingerprint density at radius 2 is 2.54 bits per heavy atom. The molecule has 13 heavy (non-hydrogen) atoms.